The normalized spacial score (nSPS) is 11.2. The van der Waals surface area contributed by atoms with Crippen LogP contribution in [-0.2, 0) is 19.1 Å². The Bertz CT molecular complexity index is 533. The van der Waals surface area contributed by atoms with Gasteiger partial charge in [0.2, 0.25) is 11.8 Å². The fraction of sp³-hybridized carbons (Fsp3) is 0.389. The number of ether oxygens (including phenoxy) is 1. The van der Waals surface area contributed by atoms with Gasteiger partial charge in [0, 0.05) is 24.7 Å². The van der Waals surface area contributed by atoms with Crippen molar-refractivity contribution in [3.05, 3.63) is 49.1 Å². The van der Waals surface area contributed by atoms with E-state index in [1.165, 1.54) is 4.90 Å². The highest BCUT2D eigenvalue weighted by Gasteiger charge is 2.18. The second kappa shape index (κ2) is 11.9. The maximum Gasteiger partial charge on any atom is 0.325 e. The average Bonchev–Trinajstić information content (AvgIpc) is 2.54. The summed E-state index contributed by atoms with van der Waals surface area (Å²) in [5, 5.41) is 2.63. The lowest BCUT2D eigenvalue weighted by Gasteiger charge is -2.24. The first-order valence-electron chi connectivity index (χ1n) is 7.71. The molecule has 0 aliphatic heterocycles. The number of hydrogen-bond acceptors (Lipinski definition) is 4. The summed E-state index contributed by atoms with van der Waals surface area (Å²) in [5.74, 6) is -1.33. The van der Waals surface area contributed by atoms with Crippen LogP contribution in [0.5, 0.6) is 0 Å². The van der Waals surface area contributed by atoms with E-state index in [0.717, 1.165) is 17.7 Å². The van der Waals surface area contributed by atoms with Crippen molar-refractivity contribution < 1.29 is 19.1 Å². The second-order valence-corrected chi connectivity index (χ2v) is 5.10. The molecule has 0 unspecified atom stereocenters. The van der Waals surface area contributed by atoms with Gasteiger partial charge in [-0.2, -0.15) is 0 Å². The van der Waals surface area contributed by atoms with E-state index < -0.39 is 17.8 Å². The summed E-state index contributed by atoms with van der Waals surface area (Å²) in [5.41, 5.74) is 0.796. The van der Waals surface area contributed by atoms with Crippen molar-refractivity contribution in [1.82, 2.24) is 10.2 Å². The number of amides is 2. The highest BCUT2D eigenvalue weighted by molar-refractivity contribution is 5.97. The van der Waals surface area contributed by atoms with Crippen LogP contribution in [0.25, 0.3) is 0 Å². The van der Waals surface area contributed by atoms with Crippen molar-refractivity contribution in [3.8, 4) is 0 Å². The Labute approximate surface area is 143 Å². The van der Waals surface area contributed by atoms with Crippen LogP contribution in [0.15, 0.2) is 49.1 Å². The van der Waals surface area contributed by atoms with Gasteiger partial charge >= 0.3 is 5.97 Å². The summed E-state index contributed by atoms with van der Waals surface area (Å²) in [6, 6.07) is -0.197. The maximum absolute atomic E-state index is 12.1. The van der Waals surface area contributed by atoms with E-state index in [1.54, 1.807) is 39.0 Å². The third-order valence-electron chi connectivity index (χ3n) is 2.95. The minimum Gasteiger partial charge on any atom is -0.465 e. The summed E-state index contributed by atoms with van der Waals surface area (Å²) < 4.78 is 4.84. The van der Waals surface area contributed by atoms with Gasteiger partial charge < -0.3 is 15.0 Å². The smallest absolute Gasteiger partial charge is 0.325 e. The monoisotopic (exact) mass is 334 g/mol. The van der Waals surface area contributed by atoms with E-state index in [9.17, 15) is 14.4 Å². The van der Waals surface area contributed by atoms with Gasteiger partial charge in [-0.05, 0) is 26.3 Å². The SMILES string of the molecule is C=C/C=C(\C=C)CNC(=O)/C=C/C(=O)N(CC(=O)OCC)C(C)C. The lowest BCUT2D eigenvalue weighted by atomic mass is 10.2. The van der Waals surface area contributed by atoms with Crippen LogP contribution in [0.4, 0.5) is 0 Å². The highest BCUT2D eigenvalue weighted by Crippen LogP contribution is 2.01. The number of esters is 1. The number of rotatable bonds is 10. The Morgan fingerprint density at radius 2 is 1.88 bits per heavy atom. The summed E-state index contributed by atoms with van der Waals surface area (Å²) in [4.78, 5) is 36.7. The Hall–Kier alpha value is -2.63. The van der Waals surface area contributed by atoms with Crippen LogP contribution in [0, 0.1) is 0 Å². The summed E-state index contributed by atoms with van der Waals surface area (Å²) in [7, 11) is 0. The molecule has 0 bridgehead atoms. The first-order chi connectivity index (χ1) is 11.3. The number of hydrogen-bond donors (Lipinski definition) is 1. The first kappa shape index (κ1) is 21.4. The predicted octanol–water partition coefficient (Wildman–Crippen LogP) is 1.76. The van der Waals surface area contributed by atoms with Gasteiger partial charge in [-0.15, -0.1) is 0 Å². The molecule has 0 aromatic carbocycles. The van der Waals surface area contributed by atoms with E-state index in [-0.39, 0.29) is 25.7 Å². The van der Waals surface area contributed by atoms with Gasteiger partial charge in [-0.3, -0.25) is 14.4 Å². The van der Waals surface area contributed by atoms with Gasteiger partial charge in [0.15, 0.2) is 0 Å². The number of nitrogens with zero attached hydrogens (tertiary/aromatic N) is 1. The zero-order valence-electron chi connectivity index (χ0n) is 14.6. The molecule has 0 rings (SSSR count). The zero-order valence-corrected chi connectivity index (χ0v) is 14.6. The van der Waals surface area contributed by atoms with Crippen molar-refractivity contribution in [2.45, 2.75) is 26.8 Å². The van der Waals surface area contributed by atoms with Gasteiger partial charge in [0.1, 0.15) is 6.54 Å². The van der Waals surface area contributed by atoms with Crippen LogP contribution in [0.1, 0.15) is 20.8 Å². The van der Waals surface area contributed by atoms with Crippen molar-refractivity contribution in [3.63, 3.8) is 0 Å². The predicted molar refractivity (Wildman–Crippen MR) is 94.1 cm³/mol. The molecule has 0 aliphatic rings. The largest absolute Gasteiger partial charge is 0.465 e. The Morgan fingerprint density at radius 1 is 1.21 bits per heavy atom. The number of nitrogens with one attached hydrogen (secondary N) is 1. The van der Waals surface area contributed by atoms with Crippen LogP contribution in [-0.4, -0.2) is 48.4 Å². The molecule has 0 saturated carbocycles. The fourth-order valence-corrected chi connectivity index (χ4v) is 1.70. The molecular formula is C18H26N2O4. The van der Waals surface area contributed by atoms with E-state index in [0.29, 0.717) is 0 Å². The Balaban J connectivity index is 4.67. The van der Waals surface area contributed by atoms with E-state index in [4.69, 9.17) is 4.74 Å². The third-order valence-corrected chi connectivity index (χ3v) is 2.95. The van der Waals surface area contributed by atoms with E-state index in [2.05, 4.69) is 18.5 Å². The minimum absolute atomic E-state index is 0.154. The number of carbonyl (C=O) groups excluding carboxylic acids is 3. The maximum atomic E-state index is 12.1. The molecular weight excluding hydrogens is 308 g/mol. The number of carbonyl (C=O) groups is 3. The molecule has 0 radical (unpaired) electrons. The topological polar surface area (TPSA) is 75.7 Å². The van der Waals surface area contributed by atoms with Gasteiger partial charge in [-0.1, -0.05) is 31.4 Å². The van der Waals surface area contributed by atoms with E-state index in [1.807, 2.05) is 0 Å². The molecule has 0 atom stereocenters. The molecule has 6 nitrogen and oxygen atoms in total. The highest BCUT2D eigenvalue weighted by atomic mass is 16.5. The van der Waals surface area contributed by atoms with Crippen molar-refractivity contribution >= 4 is 17.8 Å². The Kier molecular flexibility index (Phi) is 10.6. The van der Waals surface area contributed by atoms with Crippen molar-refractivity contribution in [2.75, 3.05) is 19.7 Å². The van der Waals surface area contributed by atoms with Crippen LogP contribution in [0.2, 0.25) is 0 Å². The summed E-state index contributed by atoms with van der Waals surface area (Å²) in [6.07, 6.45) is 7.20. The minimum atomic E-state index is -0.484. The van der Waals surface area contributed by atoms with Crippen molar-refractivity contribution in [1.29, 1.82) is 0 Å². The quantitative estimate of drug-likeness (QED) is 0.375. The van der Waals surface area contributed by atoms with Gasteiger partial charge in [0.05, 0.1) is 6.61 Å². The lowest BCUT2D eigenvalue weighted by molar-refractivity contribution is -0.148. The standard InChI is InChI=1S/C18H26N2O4/c1-6-9-15(7-2)12-19-16(21)10-11-17(22)20(14(4)5)13-18(23)24-8-3/h6-7,9-11,14H,1-2,8,12-13H2,3-5H3,(H,19,21)/b11-10+,15-9+. The lowest BCUT2D eigenvalue weighted by Crippen LogP contribution is -2.40. The Morgan fingerprint density at radius 3 is 2.38 bits per heavy atom. The second-order valence-electron chi connectivity index (χ2n) is 5.10. The third kappa shape index (κ3) is 8.73. The van der Waals surface area contributed by atoms with Gasteiger partial charge in [0.25, 0.3) is 0 Å². The molecule has 132 valence electrons. The van der Waals surface area contributed by atoms with E-state index >= 15 is 0 Å². The molecule has 6 heteroatoms. The molecule has 0 fully saturated rings. The van der Waals surface area contributed by atoms with Gasteiger partial charge in [-0.25, -0.2) is 0 Å². The van der Waals surface area contributed by atoms with Crippen molar-refractivity contribution in [2.24, 2.45) is 0 Å². The molecule has 24 heavy (non-hydrogen) atoms. The summed E-state index contributed by atoms with van der Waals surface area (Å²) in [6.45, 7) is 12.8. The first-order valence-corrected chi connectivity index (χ1v) is 7.71. The molecule has 0 aromatic rings. The van der Waals surface area contributed by atoms with Crippen LogP contribution >= 0.6 is 0 Å². The molecule has 1 N–H and O–H groups in total. The molecule has 0 aromatic heterocycles. The molecule has 2 amide bonds. The van der Waals surface area contributed by atoms with Crippen LogP contribution < -0.4 is 5.32 Å². The average molecular weight is 334 g/mol. The van der Waals surface area contributed by atoms with Crippen LogP contribution in [0.3, 0.4) is 0 Å². The number of allylic oxidation sites excluding steroid dienone is 2. The fourth-order valence-electron chi connectivity index (χ4n) is 1.70. The molecule has 0 aliphatic carbocycles. The molecule has 0 saturated heterocycles. The molecule has 0 spiro atoms. The molecule has 0 heterocycles. The summed E-state index contributed by atoms with van der Waals surface area (Å²) >= 11 is 0. The zero-order chi connectivity index (χ0) is 18.5.